The number of rotatable bonds is 4. The van der Waals surface area contributed by atoms with Crippen LogP contribution in [0.2, 0.25) is 0 Å². The van der Waals surface area contributed by atoms with Crippen LogP contribution in [0.4, 0.5) is 4.39 Å². The van der Waals surface area contributed by atoms with Gasteiger partial charge in [-0.15, -0.1) is 12.4 Å². The molecule has 2 atom stereocenters. The third-order valence-electron chi connectivity index (χ3n) is 4.01. The van der Waals surface area contributed by atoms with Gasteiger partial charge >= 0.3 is 0 Å². The van der Waals surface area contributed by atoms with Crippen LogP contribution in [0.1, 0.15) is 25.8 Å². The summed E-state index contributed by atoms with van der Waals surface area (Å²) < 4.78 is 13.6. The fourth-order valence-electron chi connectivity index (χ4n) is 2.65. The molecule has 1 aromatic carbocycles. The zero-order chi connectivity index (χ0) is 14.5. The Morgan fingerprint density at radius 3 is 2.86 bits per heavy atom. The van der Waals surface area contributed by atoms with Crippen molar-refractivity contribution in [3.8, 4) is 0 Å². The first-order valence-electron chi connectivity index (χ1n) is 7.34. The Morgan fingerprint density at radius 1 is 1.48 bits per heavy atom. The normalized spacial score (nSPS) is 19.8. The summed E-state index contributed by atoms with van der Waals surface area (Å²) in [5.74, 6) is -0.0480. The van der Waals surface area contributed by atoms with Crippen molar-refractivity contribution >= 4 is 18.3 Å². The zero-order valence-electron chi connectivity index (χ0n) is 12.6. The molecule has 0 spiro atoms. The second-order valence-corrected chi connectivity index (χ2v) is 5.62. The van der Waals surface area contributed by atoms with E-state index in [0.29, 0.717) is 18.4 Å². The van der Waals surface area contributed by atoms with E-state index in [1.54, 1.807) is 12.1 Å². The summed E-state index contributed by atoms with van der Waals surface area (Å²) in [6.45, 7) is 6.48. The molecular weight excluding hydrogens is 291 g/mol. The van der Waals surface area contributed by atoms with Crippen LogP contribution in [0.25, 0.3) is 0 Å². The molecule has 0 radical (unpaired) electrons. The standard InChI is InChI=1S/C16H23FN2O.ClH/c1-12(7-8-14-5-3-4-6-15(14)17)16(20)19-10-9-18-11-13(19)2;/h3-6,12-13,18H,7-11H2,1-2H3;1H. The van der Waals surface area contributed by atoms with Crippen LogP contribution in [-0.2, 0) is 11.2 Å². The smallest absolute Gasteiger partial charge is 0.225 e. The van der Waals surface area contributed by atoms with Crippen LogP contribution < -0.4 is 5.32 Å². The van der Waals surface area contributed by atoms with E-state index in [1.807, 2.05) is 17.9 Å². The van der Waals surface area contributed by atoms with E-state index in [0.717, 1.165) is 19.6 Å². The second kappa shape index (κ2) is 8.35. The van der Waals surface area contributed by atoms with Crippen LogP contribution >= 0.6 is 12.4 Å². The molecule has 0 saturated carbocycles. The lowest BCUT2D eigenvalue weighted by Gasteiger charge is -2.35. The molecule has 1 saturated heterocycles. The number of halogens is 2. The Morgan fingerprint density at radius 2 is 2.19 bits per heavy atom. The monoisotopic (exact) mass is 314 g/mol. The Hall–Kier alpha value is -1.13. The lowest BCUT2D eigenvalue weighted by molar-refractivity contribution is -0.138. The van der Waals surface area contributed by atoms with Crippen molar-refractivity contribution in [1.82, 2.24) is 10.2 Å². The minimum Gasteiger partial charge on any atom is -0.337 e. The van der Waals surface area contributed by atoms with E-state index in [1.165, 1.54) is 6.07 Å². The topological polar surface area (TPSA) is 32.3 Å². The van der Waals surface area contributed by atoms with Gasteiger partial charge in [-0.05, 0) is 31.4 Å². The van der Waals surface area contributed by atoms with Crippen LogP contribution in [0, 0.1) is 11.7 Å². The highest BCUT2D eigenvalue weighted by atomic mass is 35.5. The lowest BCUT2D eigenvalue weighted by atomic mass is 9.98. The molecule has 1 aliphatic heterocycles. The van der Waals surface area contributed by atoms with Gasteiger partial charge in [0.05, 0.1) is 0 Å². The van der Waals surface area contributed by atoms with Crippen molar-refractivity contribution in [3.05, 3.63) is 35.6 Å². The molecule has 0 bridgehead atoms. The molecule has 1 N–H and O–H groups in total. The highest BCUT2D eigenvalue weighted by Crippen LogP contribution is 2.16. The van der Waals surface area contributed by atoms with Crippen molar-refractivity contribution in [3.63, 3.8) is 0 Å². The van der Waals surface area contributed by atoms with E-state index < -0.39 is 0 Å². The number of nitrogens with zero attached hydrogens (tertiary/aromatic N) is 1. The van der Waals surface area contributed by atoms with Crippen LogP contribution in [-0.4, -0.2) is 36.5 Å². The van der Waals surface area contributed by atoms with Gasteiger partial charge in [0.1, 0.15) is 5.82 Å². The highest BCUT2D eigenvalue weighted by molar-refractivity contribution is 5.85. The van der Waals surface area contributed by atoms with Crippen molar-refractivity contribution in [2.24, 2.45) is 5.92 Å². The Labute approximate surface area is 132 Å². The van der Waals surface area contributed by atoms with Gasteiger partial charge in [0.2, 0.25) is 5.91 Å². The minimum absolute atomic E-state index is 0. The summed E-state index contributed by atoms with van der Waals surface area (Å²) >= 11 is 0. The summed E-state index contributed by atoms with van der Waals surface area (Å²) in [7, 11) is 0. The van der Waals surface area contributed by atoms with Crippen molar-refractivity contribution < 1.29 is 9.18 Å². The summed E-state index contributed by atoms with van der Waals surface area (Å²) in [4.78, 5) is 14.4. The van der Waals surface area contributed by atoms with Crippen LogP contribution in [0.5, 0.6) is 0 Å². The molecule has 21 heavy (non-hydrogen) atoms. The van der Waals surface area contributed by atoms with Crippen LogP contribution in [0.3, 0.4) is 0 Å². The summed E-state index contributed by atoms with van der Waals surface area (Å²) in [6.07, 6.45) is 1.30. The van der Waals surface area contributed by atoms with Gasteiger partial charge in [0, 0.05) is 31.6 Å². The predicted molar refractivity (Wildman–Crippen MR) is 85.2 cm³/mol. The molecule has 1 amide bonds. The Balaban J connectivity index is 0.00000220. The van der Waals surface area contributed by atoms with E-state index in [4.69, 9.17) is 0 Å². The maximum atomic E-state index is 13.6. The van der Waals surface area contributed by atoms with E-state index in [2.05, 4.69) is 12.2 Å². The maximum absolute atomic E-state index is 13.6. The molecule has 1 aromatic rings. The highest BCUT2D eigenvalue weighted by Gasteiger charge is 2.26. The number of carbonyl (C=O) groups is 1. The number of aryl methyl sites for hydroxylation is 1. The molecule has 0 aliphatic carbocycles. The maximum Gasteiger partial charge on any atom is 0.225 e. The fraction of sp³-hybridized carbons (Fsp3) is 0.562. The number of nitrogens with one attached hydrogen (secondary N) is 1. The average molecular weight is 315 g/mol. The molecule has 1 fully saturated rings. The number of amides is 1. The number of hydrogen-bond donors (Lipinski definition) is 1. The van der Waals surface area contributed by atoms with Crippen molar-refractivity contribution in [2.75, 3.05) is 19.6 Å². The summed E-state index contributed by atoms with van der Waals surface area (Å²) in [6, 6.07) is 7.03. The molecule has 3 nitrogen and oxygen atoms in total. The first-order valence-corrected chi connectivity index (χ1v) is 7.34. The minimum atomic E-state index is -0.178. The molecule has 0 aromatic heterocycles. The van der Waals surface area contributed by atoms with Crippen LogP contribution in [0.15, 0.2) is 24.3 Å². The summed E-state index contributed by atoms with van der Waals surface area (Å²) in [5, 5.41) is 3.28. The summed E-state index contributed by atoms with van der Waals surface area (Å²) in [5.41, 5.74) is 0.695. The van der Waals surface area contributed by atoms with Gasteiger partial charge in [-0.3, -0.25) is 4.79 Å². The number of carbonyl (C=O) groups excluding carboxylic acids is 1. The quantitative estimate of drug-likeness (QED) is 0.926. The van der Waals surface area contributed by atoms with E-state index in [-0.39, 0.29) is 36.1 Å². The average Bonchev–Trinajstić information content (AvgIpc) is 2.46. The first-order chi connectivity index (χ1) is 9.59. The predicted octanol–water partition coefficient (Wildman–Crippen LogP) is 2.64. The van der Waals surface area contributed by atoms with Crippen molar-refractivity contribution in [2.45, 2.75) is 32.7 Å². The molecule has 1 aliphatic rings. The molecule has 2 unspecified atom stereocenters. The zero-order valence-corrected chi connectivity index (χ0v) is 13.5. The molecule has 118 valence electrons. The SMILES string of the molecule is CC(CCc1ccccc1F)C(=O)N1CCNCC1C.Cl. The van der Waals surface area contributed by atoms with E-state index in [9.17, 15) is 9.18 Å². The molecule has 1 heterocycles. The van der Waals surface area contributed by atoms with Gasteiger partial charge < -0.3 is 10.2 Å². The van der Waals surface area contributed by atoms with Gasteiger partial charge in [0.15, 0.2) is 0 Å². The van der Waals surface area contributed by atoms with Gasteiger partial charge in [-0.2, -0.15) is 0 Å². The molecule has 5 heteroatoms. The van der Waals surface area contributed by atoms with E-state index >= 15 is 0 Å². The first kappa shape index (κ1) is 17.9. The number of piperazine rings is 1. The molecular formula is C16H24ClFN2O. The third kappa shape index (κ3) is 4.68. The Kier molecular flexibility index (Phi) is 7.12. The number of hydrogen-bond acceptors (Lipinski definition) is 2. The third-order valence-corrected chi connectivity index (χ3v) is 4.01. The fourth-order valence-corrected chi connectivity index (χ4v) is 2.65. The van der Waals surface area contributed by atoms with Crippen molar-refractivity contribution in [1.29, 1.82) is 0 Å². The number of benzene rings is 1. The lowest BCUT2D eigenvalue weighted by Crippen LogP contribution is -2.53. The van der Waals surface area contributed by atoms with Gasteiger partial charge in [0.25, 0.3) is 0 Å². The Bertz CT molecular complexity index is 469. The van der Waals surface area contributed by atoms with Gasteiger partial charge in [-0.1, -0.05) is 25.1 Å². The second-order valence-electron chi connectivity index (χ2n) is 5.62. The molecule has 2 rings (SSSR count). The largest absolute Gasteiger partial charge is 0.337 e. The van der Waals surface area contributed by atoms with Gasteiger partial charge in [-0.25, -0.2) is 4.39 Å².